The van der Waals surface area contributed by atoms with Crippen LogP contribution < -0.4 is 5.73 Å². The highest BCUT2D eigenvalue weighted by Crippen LogP contribution is 2.22. The van der Waals surface area contributed by atoms with E-state index >= 15 is 0 Å². The molecule has 0 saturated heterocycles. The molecule has 2 nitrogen and oxygen atoms in total. The molecule has 1 aliphatic rings. The summed E-state index contributed by atoms with van der Waals surface area (Å²) >= 11 is 0. The maximum atomic E-state index is 5.50. The molecular weight excluding hydrogens is 136 g/mol. The van der Waals surface area contributed by atoms with E-state index in [4.69, 9.17) is 11.1 Å². The van der Waals surface area contributed by atoms with Crippen molar-refractivity contribution in [2.24, 2.45) is 11.7 Å². The van der Waals surface area contributed by atoms with E-state index in [-0.39, 0.29) is 0 Å². The number of hydrogen-bond acceptors (Lipinski definition) is 2. The molecule has 1 rings (SSSR count). The quantitative estimate of drug-likeness (QED) is 0.566. The van der Waals surface area contributed by atoms with Gasteiger partial charge in [-0.3, -0.25) is 0 Å². The molecule has 11 heavy (non-hydrogen) atoms. The molecular formula is C9H22N2. The molecule has 0 unspecified atom stereocenters. The van der Waals surface area contributed by atoms with Crippen LogP contribution in [0.4, 0.5) is 0 Å². The van der Waals surface area contributed by atoms with E-state index in [2.05, 4.69) is 6.72 Å². The van der Waals surface area contributed by atoms with E-state index in [1.807, 2.05) is 13.8 Å². The Morgan fingerprint density at radius 1 is 1.27 bits per heavy atom. The van der Waals surface area contributed by atoms with Crippen molar-refractivity contribution in [2.45, 2.75) is 39.5 Å². The summed E-state index contributed by atoms with van der Waals surface area (Å²) in [7, 11) is 0. The summed E-state index contributed by atoms with van der Waals surface area (Å²) in [6.07, 6.45) is 5.61. The highest BCUT2D eigenvalue weighted by molar-refractivity contribution is 5.15. The van der Waals surface area contributed by atoms with Gasteiger partial charge >= 0.3 is 0 Å². The molecule has 1 fully saturated rings. The van der Waals surface area contributed by atoms with Crippen molar-refractivity contribution in [3.8, 4) is 0 Å². The van der Waals surface area contributed by atoms with Gasteiger partial charge in [-0.1, -0.05) is 26.7 Å². The molecule has 1 aliphatic carbocycles. The minimum atomic E-state index is 0.875. The number of nitrogens with one attached hydrogen (secondary N) is 1. The van der Waals surface area contributed by atoms with Crippen molar-refractivity contribution in [2.75, 3.05) is 6.54 Å². The fourth-order valence-corrected chi connectivity index (χ4v) is 1.25. The molecule has 0 aromatic carbocycles. The standard InChI is InChI=1S/C6H13N.C2H6.CH3N/c7-5-6-3-1-2-4-6;2*1-2/h6H,1-5,7H2;1-2H3;2H,1H2. The third-order valence-corrected chi connectivity index (χ3v) is 1.81. The van der Waals surface area contributed by atoms with Crippen molar-refractivity contribution >= 4 is 6.72 Å². The summed E-state index contributed by atoms with van der Waals surface area (Å²) in [4.78, 5) is 0. The van der Waals surface area contributed by atoms with Gasteiger partial charge in [0.05, 0.1) is 0 Å². The normalized spacial score (nSPS) is 15.9. The first kappa shape index (κ1) is 13.2. The highest BCUT2D eigenvalue weighted by atomic mass is 14.5. The Hall–Kier alpha value is -0.370. The van der Waals surface area contributed by atoms with E-state index in [0.717, 1.165) is 12.5 Å². The third-order valence-electron chi connectivity index (χ3n) is 1.81. The molecule has 0 amide bonds. The summed E-state index contributed by atoms with van der Waals surface area (Å²) in [6.45, 7) is 7.42. The maximum absolute atomic E-state index is 5.50. The van der Waals surface area contributed by atoms with Crippen molar-refractivity contribution in [3.63, 3.8) is 0 Å². The Bertz CT molecular complexity index is 58.6. The number of hydrogen-bond donors (Lipinski definition) is 2. The zero-order valence-corrected chi connectivity index (χ0v) is 7.90. The van der Waals surface area contributed by atoms with Crippen LogP contribution in [0.3, 0.4) is 0 Å². The maximum Gasteiger partial charge on any atom is -0.00489 e. The topological polar surface area (TPSA) is 49.9 Å². The van der Waals surface area contributed by atoms with Gasteiger partial charge < -0.3 is 11.1 Å². The van der Waals surface area contributed by atoms with Crippen LogP contribution in [-0.2, 0) is 0 Å². The largest absolute Gasteiger partial charge is 0.330 e. The van der Waals surface area contributed by atoms with Crippen LogP contribution in [-0.4, -0.2) is 13.3 Å². The first-order valence-electron chi connectivity index (χ1n) is 4.49. The van der Waals surface area contributed by atoms with E-state index in [1.165, 1.54) is 25.7 Å². The third kappa shape index (κ3) is 7.53. The fraction of sp³-hybridized carbons (Fsp3) is 0.889. The Morgan fingerprint density at radius 2 is 1.64 bits per heavy atom. The summed E-state index contributed by atoms with van der Waals surface area (Å²) in [5.41, 5.74) is 5.43. The molecule has 0 atom stereocenters. The lowest BCUT2D eigenvalue weighted by molar-refractivity contribution is 0.562. The lowest BCUT2D eigenvalue weighted by Gasteiger charge is -1.99. The summed E-state index contributed by atoms with van der Waals surface area (Å²) in [5, 5.41) is 5.50. The monoisotopic (exact) mass is 158 g/mol. The van der Waals surface area contributed by atoms with Crippen molar-refractivity contribution in [3.05, 3.63) is 0 Å². The van der Waals surface area contributed by atoms with Gasteiger partial charge in [-0.15, -0.1) is 0 Å². The van der Waals surface area contributed by atoms with Gasteiger partial charge in [0, 0.05) is 0 Å². The van der Waals surface area contributed by atoms with Crippen LogP contribution in [0.25, 0.3) is 0 Å². The van der Waals surface area contributed by atoms with Crippen LogP contribution in [0.2, 0.25) is 0 Å². The first-order chi connectivity index (χ1) is 5.43. The molecule has 2 heteroatoms. The lowest BCUT2D eigenvalue weighted by atomic mass is 10.1. The second-order valence-corrected chi connectivity index (χ2v) is 2.39. The zero-order chi connectivity index (χ0) is 9.11. The molecule has 3 N–H and O–H groups in total. The van der Waals surface area contributed by atoms with E-state index < -0.39 is 0 Å². The molecule has 0 aromatic heterocycles. The Kier molecular flexibility index (Phi) is 14.8. The van der Waals surface area contributed by atoms with E-state index in [1.54, 1.807) is 0 Å². The summed E-state index contributed by atoms with van der Waals surface area (Å²) < 4.78 is 0. The minimum Gasteiger partial charge on any atom is -0.330 e. The van der Waals surface area contributed by atoms with Gasteiger partial charge in [0.1, 0.15) is 0 Å². The molecule has 0 aliphatic heterocycles. The molecule has 1 saturated carbocycles. The van der Waals surface area contributed by atoms with Crippen molar-refractivity contribution < 1.29 is 0 Å². The summed E-state index contributed by atoms with van der Waals surface area (Å²) in [6, 6.07) is 0. The van der Waals surface area contributed by atoms with E-state index in [9.17, 15) is 0 Å². The first-order valence-corrected chi connectivity index (χ1v) is 4.49. The van der Waals surface area contributed by atoms with Gasteiger partial charge in [0.2, 0.25) is 0 Å². The average molecular weight is 158 g/mol. The van der Waals surface area contributed by atoms with Gasteiger partial charge in [0.25, 0.3) is 0 Å². The lowest BCUT2D eigenvalue weighted by Crippen LogP contribution is -2.09. The van der Waals surface area contributed by atoms with Crippen LogP contribution in [0.15, 0.2) is 0 Å². The van der Waals surface area contributed by atoms with E-state index in [0.29, 0.717) is 0 Å². The predicted molar refractivity (Wildman–Crippen MR) is 52.2 cm³/mol. The Morgan fingerprint density at radius 3 is 1.82 bits per heavy atom. The smallest absolute Gasteiger partial charge is 0.00489 e. The highest BCUT2D eigenvalue weighted by Gasteiger charge is 2.11. The van der Waals surface area contributed by atoms with Crippen LogP contribution in [0.1, 0.15) is 39.5 Å². The average Bonchev–Trinajstić information content (AvgIpc) is 2.63. The molecule has 0 radical (unpaired) electrons. The van der Waals surface area contributed by atoms with Crippen molar-refractivity contribution in [1.82, 2.24) is 0 Å². The van der Waals surface area contributed by atoms with Gasteiger partial charge in [-0.2, -0.15) is 0 Å². The van der Waals surface area contributed by atoms with Crippen LogP contribution >= 0.6 is 0 Å². The van der Waals surface area contributed by atoms with Crippen molar-refractivity contribution in [1.29, 1.82) is 5.41 Å². The fourth-order valence-electron chi connectivity index (χ4n) is 1.25. The predicted octanol–water partition coefficient (Wildman–Crippen LogP) is 2.43. The molecule has 0 spiro atoms. The summed E-state index contributed by atoms with van der Waals surface area (Å²) in [5.74, 6) is 0.875. The Labute approximate surface area is 70.7 Å². The Balaban J connectivity index is 0. The molecule has 0 aromatic rings. The second kappa shape index (κ2) is 12.3. The molecule has 68 valence electrons. The molecule has 0 heterocycles. The second-order valence-electron chi connectivity index (χ2n) is 2.39. The zero-order valence-electron chi connectivity index (χ0n) is 7.90. The van der Waals surface area contributed by atoms with Crippen LogP contribution in [0, 0.1) is 11.3 Å². The SMILES string of the molecule is C=N.CC.NCC1CCCC1. The van der Waals surface area contributed by atoms with Crippen LogP contribution in [0.5, 0.6) is 0 Å². The minimum absolute atomic E-state index is 0.875. The molecule has 0 bridgehead atoms. The van der Waals surface area contributed by atoms with Gasteiger partial charge in [-0.25, -0.2) is 0 Å². The number of rotatable bonds is 1. The number of nitrogens with two attached hydrogens (primary N) is 1. The van der Waals surface area contributed by atoms with Gasteiger partial charge in [-0.05, 0) is 32.0 Å². The van der Waals surface area contributed by atoms with Gasteiger partial charge in [0.15, 0.2) is 0 Å².